The van der Waals surface area contributed by atoms with Crippen LogP contribution in [-0.4, -0.2) is 32.3 Å². The van der Waals surface area contributed by atoms with Crippen LogP contribution in [-0.2, 0) is 0 Å². The molecule has 158 valence electrons. The van der Waals surface area contributed by atoms with E-state index in [1.54, 1.807) is 23.6 Å². The number of fused-ring (bicyclic) bond motifs is 1. The van der Waals surface area contributed by atoms with Crippen LogP contribution in [0.5, 0.6) is 0 Å². The maximum absolute atomic E-state index is 13.7. The first-order valence-electron chi connectivity index (χ1n) is 10.0. The van der Waals surface area contributed by atoms with E-state index in [-0.39, 0.29) is 30.0 Å². The second-order valence-electron chi connectivity index (χ2n) is 7.61. The van der Waals surface area contributed by atoms with E-state index in [0.29, 0.717) is 16.7 Å². The first-order valence-corrected chi connectivity index (χ1v) is 10.0. The minimum atomic E-state index is -0.330. The first kappa shape index (κ1) is 20.7. The second-order valence-corrected chi connectivity index (χ2v) is 7.61. The lowest BCUT2D eigenvalue weighted by molar-refractivity contribution is 0.281. The topological polar surface area (TPSA) is 80.0 Å². The van der Waals surface area contributed by atoms with Gasteiger partial charge in [0.1, 0.15) is 5.82 Å². The molecule has 1 atom stereocenters. The van der Waals surface area contributed by atoms with Gasteiger partial charge in [-0.2, -0.15) is 4.98 Å². The molecule has 2 N–H and O–H groups in total. The summed E-state index contributed by atoms with van der Waals surface area (Å²) in [5, 5.41) is 13.2. The molecule has 7 heteroatoms. The molecule has 2 aromatic heterocycles. The highest BCUT2D eigenvalue weighted by Gasteiger charge is 2.18. The van der Waals surface area contributed by atoms with Crippen molar-refractivity contribution < 1.29 is 9.50 Å². The molecule has 4 rings (SSSR count). The molecule has 0 aliphatic heterocycles. The van der Waals surface area contributed by atoms with E-state index in [1.807, 2.05) is 38.1 Å². The Balaban J connectivity index is 2.09. The van der Waals surface area contributed by atoms with Crippen molar-refractivity contribution in [1.29, 1.82) is 0 Å². The number of para-hydroxylation sites is 1. The number of aliphatic hydroxyl groups excluding tert-OH is 1. The minimum Gasteiger partial charge on any atom is -0.394 e. The second kappa shape index (κ2) is 8.28. The third-order valence-corrected chi connectivity index (χ3v) is 5.20. The average molecular weight is 418 g/mol. The monoisotopic (exact) mass is 418 g/mol. The Morgan fingerprint density at radius 3 is 2.55 bits per heavy atom. The quantitative estimate of drug-likeness (QED) is 0.512. The van der Waals surface area contributed by atoms with Crippen molar-refractivity contribution in [3.8, 4) is 16.9 Å². The standard InChI is InChI=1S/C24H23FN4O2/c1-14-6-4-5-7-20(14)29-21(31)11-10-19-22(18-9-8-17(25)12-15(18)2)27-24(28-23(19)29)26-16(3)13-30/h4-12,16,30H,13H2,1-3H3,(H,26,27,28)/t16-/m0/s1. The number of rotatable bonds is 5. The smallest absolute Gasteiger partial charge is 0.256 e. The van der Waals surface area contributed by atoms with Crippen LogP contribution in [0.1, 0.15) is 18.1 Å². The summed E-state index contributed by atoms with van der Waals surface area (Å²) in [6, 6.07) is 15.0. The van der Waals surface area contributed by atoms with Gasteiger partial charge in [0.05, 0.1) is 18.0 Å². The Hall–Kier alpha value is -3.58. The van der Waals surface area contributed by atoms with Crippen LogP contribution < -0.4 is 10.9 Å². The highest BCUT2D eigenvalue weighted by atomic mass is 19.1. The molecule has 0 unspecified atom stereocenters. The summed E-state index contributed by atoms with van der Waals surface area (Å²) < 4.78 is 15.3. The zero-order valence-electron chi connectivity index (χ0n) is 17.6. The molecule has 4 aromatic rings. The van der Waals surface area contributed by atoms with E-state index in [0.717, 1.165) is 22.4 Å². The Morgan fingerprint density at radius 2 is 1.84 bits per heavy atom. The maximum atomic E-state index is 13.7. The molecule has 0 radical (unpaired) electrons. The lowest BCUT2D eigenvalue weighted by atomic mass is 10.0. The Labute approximate surface area is 179 Å². The van der Waals surface area contributed by atoms with Crippen LogP contribution in [0, 0.1) is 19.7 Å². The number of aromatic nitrogens is 3. The Bertz CT molecular complexity index is 1330. The number of aliphatic hydroxyl groups is 1. The van der Waals surface area contributed by atoms with Gasteiger partial charge in [0, 0.05) is 23.1 Å². The van der Waals surface area contributed by atoms with Crippen molar-refractivity contribution >= 4 is 17.0 Å². The van der Waals surface area contributed by atoms with Gasteiger partial charge in [-0.25, -0.2) is 9.37 Å². The highest BCUT2D eigenvalue weighted by Crippen LogP contribution is 2.30. The fourth-order valence-electron chi connectivity index (χ4n) is 3.59. The zero-order valence-corrected chi connectivity index (χ0v) is 17.6. The summed E-state index contributed by atoms with van der Waals surface area (Å²) in [5.74, 6) is -0.0515. The van der Waals surface area contributed by atoms with Crippen LogP contribution in [0.3, 0.4) is 0 Å². The molecule has 0 fully saturated rings. The lowest BCUT2D eigenvalue weighted by Gasteiger charge is -2.17. The molecule has 0 bridgehead atoms. The van der Waals surface area contributed by atoms with E-state index in [1.165, 1.54) is 18.2 Å². The fourth-order valence-corrected chi connectivity index (χ4v) is 3.59. The molecule has 0 aliphatic carbocycles. The first-order chi connectivity index (χ1) is 14.9. The summed E-state index contributed by atoms with van der Waals surface area (Å²) >= 11 is 0. The summed E-state index contributed by atoms with van der Waals surface area (Å²) in [4.78, 5) is 22.2. The summed E-state index contributed by atoms with van der Waals surface area (Å²) in [5.41, 5.74) is 3.90. The van der Waals surface area contributed by atoms with E-state index in [9.17, 15) is 14.3 Å². The SMILES string of the molecule is Cc1cc(F)ccc1-c1nc(N[C@@H](C)CO)nc2c1ccc(=O)n2-c1ccccc1C. The van der Waals surface area contributed by atoms with Gasteiger partial charge in [-0.1, -0.05) is 18.2 Å². The van der Waals surface area contributed by atoms with Gasteiger partial charge in [0.25, 0.3) is 5.56 Å². The minimum absolute atomic E-state index is 0.105. The van der Waals surface area contributed by atoms with Gasteiger partial charge in [-0.15, -0.1) is 0 Å². The zero-order chi connectivity index (χ0) is 22.1. The predicted octanol–water partition coefficient (Wildman–Crippen LogP) is 4.00. The van der Waals surface area contributed by atoms with Gasteiger partial charge < -0.3 is 10.4 Å². The maximum Gasteiger partial charge on any atom is 0.256 e. The number of aryl methyl sites for hydroxylation is 2. The lowest BCUT2D eigenvalue weighted by Crippen LogP contribution is -2.23. The van der Waals surface area contributed by atoms with Gasteiger partial charge in [0.2, 0.25) is 5.95 Å². The van der Waals surface area contributed by atoms with E-state index < -0.39 is 0 Å². The number of benzene rings is 2. The highest BCUT2D eigenvalue weighted by molar-refractivity contribution is 5.93. The number of hydrogen-bond acceptors (Lipinski definition) is 5. The fraction of sp³-hybridized carbons (Fsp3) is 0.208. The van der Waals surface area contributed by atoms with E-state index in [4.69, 9.17) is 0 Å². The van der Waals surface area contributed by atoms with E-state index in [2.05, 4.69) is 15.3 Å². The normalized spacial score (nSPS) is 12.2. The van der Waals surface area contributed by atoms with Gasteiger partial charge in [-0.05, 0) is 62.2 Å². The van der Waals surface area contributed by atoms with Crippen LogP contribution >= 0.6 is 0 Å². The number of pyridine rings is 1. The van der Waals surface area contributed by atoms with Crippen molar-refractivity contribution in [2.45, 2.75) is 26.8 Å². The van der Waals surface area contributed by atoms with Crippen LogP contribution in [0.4, 0.5) is 10.3 Å². The largest absolute Gasteiger partial charge is 0.394 e. The molecule has 0 saturated heterocycles. The number of anilines is 1. The summed E-state index contributed by atoms with van der Waals surface area (Å²) in [6.07, 6.45) is 0. The van der Waals surface area contributed by atoms with Crippen LogP contribution in [0.2, 0.25) is 0 Å². The van der Waals surface area contributed by atoms with Crippen molar-refractivity contribution in [3.05, 3.63) is 81.9 Å². The van der Waals surface area contributed by atoms with E-state index >= 15 is 0 Å². The Kier molecular flexibility index (Phi) is 5.52. The molecule has 2 aromatic carbocycles. The third kappa shape index (κ3) is 3.92. The molecular weight excluding hydrogens is 395 g/mol. The van der Waals surface area contributed by atoms with Crippen LogP contribution in [0.15, 0.2) is 59.4 Å². The van der Waals surface area contributed by atoms with Crippen molar-refractivity contribution in [1.82, 2.24) is 14.5 Å². The molecule has 2 heterocycles. The number of hydrogen-bond donors (Lipinski definition) is 2. The van der Waals surface area contributed by atoms with Crippen molar-refractivity contribution in [2.75, 3.05) is 11.9 Å². The number of halogens is 1. The molecule has 6 nitrogen and oxygen atoms in total. The number of nitrogens with one attached hydrogen (secondary N) is 1. The molecule has 0 amide bonds. The number of nitrogens with zero attached hydrogens (tertiary/aromatic N) is 3. The Morgan fingerprint density at radius 1 is 1.06 bits per heavy atom. The average Bonchev–Trinajstić information content (AvgIpc) is 2.74. The third-order valence-electron chi connectivity index (χ3n) is 5.20. The molecule has 31 heavy (non-hydrogen) atoms. The summed E-state index contributed by atoms with van der Waals surface area (Å²) in [7, 11) is 0. The van der Waals surface area contributed by atoms with Crippen LogP contribution in [0.25, 0.3) is 28.0 Å². The van der Waals surface area contributed by atoms with Crippen molar-refractivity contribution in [2.24, 2.45) is 0 Å². The van der Waals surface area contributed by atoms with Gasteiger partial charge in [-0.3, -0.25) is 9.36 Å². The predicted molar refractivity (Wildman–Crippen MR) is 120 cm³/mol. The van der Waals surface area contributed by atoms with Gasteiger partial charge in [0.15, 0.2) is 5.65 Å². The molecule has 0 spiro atoms. The molecule has 0 aliphatic rings. The molecule has 0 saturated carbocycles. The van der Waals surface area contributed by atoms with Crippen molar-refractivity contribution in [3.63, 3.8) is 0 Å². The summed E-state index contributed by atoms with van der Waals surface area (Å²) in [6.45, 7) is 5.44. The van der Waals surface area contributed by atoms with Gasteiger partial charge >= 0.3 is 0 Å². The molecular formula is C24H23FN4O2.